The van der Waals surface area contributed by atoms with E-state index in [1.165, 1.54) is 13.8 Å². The minimum Gasteiger partial charge on any atom is -0.392 e. The van der Waals surface area contributed by atoms with Crippen LogP contribution in [0.25, 0.3) is 0 Å². The van der Waals surface area contributed by atoms with E-state index in [9.17, 15) is 43.5 Å². The van der Waals surface area contributed by atoms with E-state index in [2.05, 4.69) is 37.2 Å². The highest BCUT2D eigenvalue weighted by Gasteiger charge is 2.31. The zero-order valence-electron chi connectivity index (χ0n) is 28.1. The van der Waals surface area contributed by atoms with Crippen LogP contribution in [0.1, 0.15) is 73.6 Å². The Hall–Kier alpha value is -4.12. The van der Waals surface area contributed by atoms with Crippen molar-refractivity contribution < 1.29 is 43.5 Å². The van der Waals surface area contributed by atoms with Gasteiger partial charge in [0.25, 0.3) is 0 Å². The van der Waals surface area contributed by atoms with E-state index in [0.717, 1.165) is 0 Å². The molecule has 0 aromatic heterocycles. The predicted octanol–water partition coefficient (Wildman–Crippen LogP) is -3.15. The molecule has 47 heavy (non-hydrogen) atoms. The molecule has 1 aliphatic rings. The predicted molar refractivity (Wildman–Crippen MR) is 170 cm³/mol. The molecule has 1 rings (SSSR count). The Balaban J connectivity index is 2.87. The monoisotopic (exact) mass is 668 g/mol. The summed E-state index contributed by atoms with van der Waals surface area (Å²) in [6.07, 6.45) is -0.490. The lowest BCUT2D eigenvalue weighted by Crippen LogP contribution is -2.56. The highest BCUT2D eigenvalue weighted by atomic mass is 16.3. The molecule has 0 bridgehead atoms. The second kappa shape index (κ2) is 20.2. The number of hydrogen-bond acceptors (Lipinski definition) is 10. The number of rotatable bonds is 20. The summed E-state index contributed by atoms with van der Waals surface area (Å²) in [5, 5.41) is 27.4. The molecule has 17 nitrogen and oxygen atoms in total. The van der Waals surface area contributed by atoms with Gasteiger partial charge in [0.1, 0.15) is 18.1 Å². The van der Waals surface area contributed by atoms with Crippen molar-refractivity contribution in [2.45, 2.75) is 110 Å². The number of β-amino-alcohol motifs (C(OH)–C–C–N with tert-alkyl or cyclic N) is 1. The fourth-order valence-electron chi connectivity index (χ4n) is 4.64. The van der Waals surface area contributed by atoms with E-state index in [-0.39, 0.29) is 56.3 Å². The van der Waals surface area contributed by atoms with Gasteiger partial charge in [0, 0.05) is 13.0 Å². The lowest BCUT2D eigenvalue weighted by atomic mass is 10.0. The number of nitrogens with one attached hydrogen (secondary N) is 7. The molecule has 0 aromatic carbocycles. The second-order valence-electron chi connectivity index (χ2n) is 12.7. The van der Waals surface area contributed by atoms with E-state index >= 15 is 0 Å². The summed E-state index contributed by atoms with van der Waals surface area (Å²) >= 11 is 0. The summed E-state index contributed by atoms with van der Waals surface area (Å²) in [5.74, 6) is -4.96. The van der Waals surface area contributed by atoms with Gasteiger partial charge < -0.3 is 48.1 Å². The van der Waals surface area contributed by atoms with E-state index in [1.54, 1.807) is 0 Å². The quantitative estimate of drug-likeness (QED) is 0.0629. The Bertz CT molecular complexity index is 1150. The first kappa shape index (κ1) is 40.9. The van der Waals surface area contributed by atoms with Gasteiger partial charge in [-0.2, -0.15) is 0 Å². The van der Waals surface area contributed by atoms with E-state index in [0.29, 0.717) is 0 Å². The van der Waals surface area contributed by atoms with Gasteiger partial charge >= 0.3 is 0 Å². The number of amides is 7. The molecule has 0 saturated carbocycles. The van der Waals surface area contributed by atoms with Crippen LogP contribution in [0.2, 0.25) is 0 Å². The fraction of sp³-hybridized carbons (Fsp3) is 0.733. The molecule has 1 aliphatic heterocycles. The Kier molecular flexibility index (Phi) is 17.6. The third-order valence-corrected chi connectivity index (χ3v) is 7.27. The standard InChI is InChI=1S/C30H52N8O9/c1-15(2)9-22(28(45)34-14-26(43)37-23(10-16(3)4)30(47)35-17(5)18(6)39)38-29(46)20(7-8-24(31)41)36-25(42)13-33-27(44)21-11-19(40)12-32-21/h15-17,19-23,32,40H,7-14H2,1-6H3,(H2,31,41)(H,33,44)(H,34,45)(H,35,47)(H,36,42)(H,37,43)(H,38,46)/t17-,19+,20-,21-,22-,23-/m0/s1. The van der Waals surface area contributed by atoms with Crippen LogP contribution in [-0.4, -0.2) is 108 Å². The summed E-state index contributed by atoms with van der Waals surface area (Å²) in [6.45, 7) is 9.44. The van der Waals surface area contributed by atoms with Crippen molar-refractivity contribution in [2.75, 3.05) is 19.6 Å². The van der Waals surface area contributed by atoms with Crippen molar-refractivity contribution >= 4 is 47.1 Å². The molecule has 0 radical (unpaired) electrons. The molecule has 10 N–H and O–H groups in total. The van der Waals surface area contributed by atoms with Crippen LogP contribution in [0.4, 0.5) is 0 Å². The Labute approximate surface area is 275 Å². The minimum absolute atomic E-state index is 0.0245. The van der Waals surface area contributed by atoms with Crippen molar-refractivity contribution in [1.82, 2.24) is 37.2 Å². The first-order valence-corrected chi connectivity index (χ1v) is 15.8. The summed E-state index contributed by atoms with van der Waals surface area (Å²) in [6, 6.07) is -4.77. The van der Waals surface area contributed by atoms with Crippen molar-refractivity contribution in [2.24, 2.45) is 17.6 Å². The molecule has 1 saturated heterocycles. The van der Waals surface area contributed by atoms with Gasteiger partial charge in [0.05, 0.1) is 31.3 Å². The topological polar surface area (TPSA) is 267 Å². The van der Waals surface area contributed by atoms with Crippen LogP contribution in [0.5, 0.6) is 0 Å². The van der Waals surface area contributed by atoms with Gasteiger partial charge in [-0.05, 0) is 51.4 Å². The van der Waals surface area contributed by atoms with Crippen LogP contribution in [0, 0.1) is 11.8 Å². The number of aliphatic hydroxyl groups is 1. The average molecular weight is 669 g/mol. The molecule has 0 spiro atoms. The Morgan fingerprint density at radius 2 is 1.26 bits per heavy atom. The lowest BCUT2D eigenvalue weighted by Gasteiger charge is -2.25. The zero-order chi connectivity index (χ0) is 35.8. The highest BCUT2D eigenvalue weighted by molar-refractivity contribution is 5.96. The number of aliphatic hydroxyl groups excluding tert-OH is 1. The van der Waals surface area contributed by atoms with Crippen LogP contribution in [0.3, 0.4) is 0 Å². The van der Waals surface area contributed by atoms with E-state index in [1.807, 2.05) is 27.7 Å². The van der Waals surface area contributed by atoms with Gasteiger partial charge in [-0.3, -0.25) is 38.4 Å². The number of primary amides is 1. The highest BCUT2D eigenvalue weighted by Crippen LogP contribution is 2.09. The molecule has 1 heterocycles. The second-order valence-corrected chi connectivity index (χ2v) is 12.7. The molecular formula is C30H52N8O9. The maximum Gasteiger partial charge on any atom is 0.243 e. The van der Waals surface area contributed by atoms with Crippen LogP contribution in [0.15, 0.2) is 0 Å². The van der Waals surface area contributed by atoms with Gasteiger partial charge in [-0.15, -0.1) is 0 Å². The number of ketones is 1. The Morgan fingerprint density at radius 3 is 1.74 bits per heavy atom. The number of Topliss-reactive ketones (excluding diaryl/α,β-unsaturated/α-hetero) is 1. The largest absolute Gasteiger partial charge is 0.392 e. The van der Waals surface area contributed by atoms with Crippen molar-refractivity contribution in [3.8, 4) is 0 Å². The van der Waals surface area contributed by atoms with E-state index in [4.69, 9.17) is 5.73 Å². The zero-order valence-corrected chi connectivity index (χ0v) is 28.1. The average Bonchev–Trinajstić information content (AvgIpc) is 3.41. The summed E-state index contributed by atoms with van der Waals surface area (Å²) in [7, 11) is 0. The molecule has 266 valence electrons. The normalized spacial score (nSPS) is 18.3. The number of carbonyl (C=O) groups is 8. The third-order valence-electron chi connectivity index (χ3n) is 7.27. The SMILES string of the molecule is CC(=O)[C@H](C)NC(=O)[C@H](CC(C)C)NC(=O)CNC(=O)[C@H](CC(C)C)NC(=O)[C@H](CCC(N)=O)NC(=O)CNC(=O)[C@@H]1C[C@@H](O)CN1. The third kappa shape index (κ3) is 16.3. The summed E-state index contributed by atoms with van der Waals surface area (Å²) < 4.78 is 0. The van der Waals surface area contributed by atoms with Crippen LogP contribution >= 0.6 is 0 Å². The van der Waals surface area contributed by atoms with Crippen molar-refractivity contribution in [3.63, 3.8) is 0 Å². The van der Waals surface area contributed by atoms with E-state index < -0.39 is 90.8 Å². The number of carbonyl (C=O) groups excluding carboxylic acids is 8. The molecular weight excluding hydrogens is 616 g/mol. The minimum atomic E-state index is -1.28. The first-order chi connectivity index (χ1) is 21.9. The molecule has 0 unspecified atom stereocenters. The summed E-state index contributed by atoms with van der Waals surface area (Å²) in [4.78, 5) is 99.6. The molecule has 7 amide bonds. The van der Waals surface area contributed by atoms with Gasteiger partial charge in [0.2, 0.25) is 41.4 Å². The smallest absolute Gasteiger partial charge is 0.243 e. The van der Waals surface area contributed by atoms with Crippen LogP contribution < -0.4 is 43.0 Å². The maximum atomic E-state index is 13.2. The lowest BCUT2D eigenvalue weighted by molar-refractivity contribution is -0.134. The summed E-state index contributed by atoms with van der Waals surface area (Å²) in [5.41, 5.74) is 5.24. The first-order valence-electron chi connectivity index (χ1n) is 15.8. The van der Waals surface area contributed by atoms with Gasteiger partial charge in [0.15, 0.2) is 5.78 Å². The van der Waals surface area contributed by atoms with Gasteiger partial charge in [-0.25, -0.2) is 0 Å². The molecule has 0 aliphatic carbocycles. The van der Waals surface area contributed by atoms with Crippen molar-refractivity contribution in [3.05, 3.63) is 0 Å². The fourth-order valence-corrected chi connectivity index (χ4v) is 4.64. The molecule has 1 fully saturated rings. The molecule has 17 heteroatoms. The number of nitrogens with two attached hydrogens (primary N) is 1. The molecule has 0 aromatic rings. The van der Waals surface area contributed by atoms with Gasteiger partial charge in [-0.1, -0.05) is 27.7 Å². The number of hydrogen-bond donors (Lipinski definition) is 9. The Morgan fingerprint density at radius 1 is 0.745 bits per heavy atom. The van der Waals surface area contributed by atoms with Crippen molar-refractivity contribution in [1.29, 1.82) is 0 Å². The molecule has 6 atom stereocenters. The van der Waals surface area contributed by atoms with Crippen LogP contribution in [-0.2, 0) is 38.4 Å². The maximum absolute atomic E-state index is 13.2.